The number of nitrogens with one attached hydrogen (secondary N) is 1. The fraction of sp³-hybridized carbons (Fsp3) is 0.231. The van der Waals surface area contributed by atoms with Crippen LogP contribution in [0.25, 0.3) is 0 Å². The van der Waals surface area contributed by atoms with Gasteiger partial charge >= 0.3 is 5.97 Å². The number of ether oxygens (including phenoxy) is 1. The second kappa shape index (κ2) is 6.29. The van der Waals surface area contributed by atoms with Gasteiger partial charge in [0.25, 0.3) is 0 Å². The molecule has 0 fully saturated rings. The van der Waals surface area contributed by atoms with Gasteiger partial charge in [-0.2, -0.15) is 4.98 Å². The molecule has 2 rings (SSSR count). The highest BCUT2D eigenvalue weighted by atomic mass is 35.5. The van der Waals surface area contributed by atoms with Gasteiger partial charge in [0, 0.05) is 11.9 Å². The molecule has 20 heavy (non-hydrogen) atoms. The summed E-state index contributed by atoms with van der Waals surface area (Å²) in [5, 5.41) is 2.99. The van der Waals surface area contributed by atoms with E-state index in [2.05, 4.69) is 20.3 Å². The number of pyridine rings is 1. The van der Waals surface area contributed by atoms with E-state index in [9.17, 15) is 4.79 Å². The quantitative estimate of drug-likeness (QED) is 0.690. The minimum absolute atomic E-state index is 0.0426. The maximum absolute atomic E-state index is 11.6. The van der Waals surface area contributed by atoms with E-state index in [0.29, 0.717) is 0 Å². The average Bonchev–Trinajstić information content (AvgIpc) is 2.42. The van der Waals surface area contributed by atoms with Gasteiger partial charge < -0.3 is 10.1 Å². The molecule has 2 aromatic rings. The highest BCUT2D eigenvalue weighted by Crippen LogP contribution is 2.18. The van der Waals surface area contributed by atoms with Crippen molar-refractivity contribution in [1.29, 1.82) is 0 Å². The summed E-state index contributed by atoms with van der Waals surface area (Å²) in [5.74, 6) is -0.255. The summed E-state index contributed by atoms with van der Waals surface area (Å²) in [5.41, 5.74) is 1.78. The Hall–Kier alpha value is -2.21. The summed E-state index contributed by atoms with van der Waals surface area (Å²) < 4.78 is 4.85. The third kappa shape index (κ3) is 3.42. The first kappa shape index (κ1) is 14.2. The van der Waals surface area contributed by atoms with Gasteiger partial charge in [-0.05, 0) is 26.0 Å². The number of hydrogen-bond acceptors (Lipinski definition) is 6. The lowest BCUT2D eigenvalue weighted by Gasteiger charge is -2.07. The number of rotatable bonds is 4. The Morgan fingerprint density at radius 2 is 2.15 bits per heavy atom. The van der Waals surface area contributed by atoms with Crippen LogP contribution in [0.3, 0.4) is 0 Å². The molecule has 0 saturated heterocycles. The number of nitrogens with zero attached hydrogens (tertiary/aromatic N) is 3. The predicted octanol–water partition coefficient (Wildman–Crippen LogP) is 2.75. The molecule has 0 aliphatic heterocycles. The van der Waals surface area contributed by atoms with E-state index in [0.717, 1.165) is 11.4 Å². The van der Waals surface area contributed by atoms with E-state index in [-0.39, 0.29) is 23.3 Å². The number of halogens is 1. The van der Waals surface area contributed by atoms with Crippen molar-refractivity contribution < 1.29 is 9.53 Å². The van der Waals surface area contributed by atoms with Crippen molar-refractivity contribution in [3.63, 3.8) is 0 Å². The minimum Gasteiger partial charge on any atom is -0.462 e. The molecule has 0 saturated carbocycles. The molecule has 0 radical (unpaired) electrons. The van der Waals surface area contributed by atoms with Crippen LogP contribution < -0.4 is 5.32 Å². The van der Waals surface area contributed by atoms with Crippen LogP contribution in [0.4, 0.5) is 11.6 Å². The molecule has 0 spiro atoms. The summed E-state index contributed by atoms with van der Waals surface area (Å²) in [6.07, 6.45) is 2.99. The Balaban J connectivity index is 2.16. The van der Waals surface area contributed by atoms with Crippen LogP contribution in [0.15, 0.2) is 24.5 Å². The Kier molecular flexibility index (Phi) is 4.47. The van der Waals surface area contributed by atoms with Crippen LogP contribution in [0.2, 0.25) is 5.15 Å². The van der Waals surface area contributed by atoms with E-state index in [1.165, 1.54) is 6.20 Å². The van der Waals surface area contributed by atoms with Gasteiger partial charge in [-0.1, -0.05) is 11.6 Å². The van der Waals surface area contributed by atoms with Gasteiger partial charge in [0.05, 0.1) is 18.5 Å². The zero-order valence-electron chi connectivity index (χ0n) is 11.1. The third-order valence-corrected chi connectivity index (χ3v) is 2.69. The molecule has 1 N–H and O–H groups in total. The van der Waals surface area contributed by atoms with Crippen LogP contribution in [0, 0.1) is 6.92 Å². The van der Waals surface area contributed by atoms with Crippen molar-refractivity contribution in [2.24, 2.45) is 0 Å². The Bertz CT molecular complexity index is 616. The Morgan fingerprint density at radius 1 is 1.35 bits per heavy atom. The molecular formula is C13H13ClN4O2. The van der Waals surface area contributed by atoms with Crippen LogP contribution in [0.5, 0.6) is 0 Å². The maximum atomic E-state index is 11.6. The first-order valence-electron chi connectivity index (χ1n) is 5.99. The molecule has 0 bridgehead atoms. The van der Waals surface area contributed by atoms with Gasteiger partial charge in [0.1, 0.15) is 10.7 Å². The fourth-order valence-corrected chi connectivity index (χ4v) is 1.64. The largest absolute Gasteiger partial charge is 0.462 e. The maximum Gasteiger partial charge on any atom is 0.342 e. The van der Waals surface area contributed by atoms with Crippen LogP contribution >= 0.6 is 11.6 Å². The molecule has 0 aliphatic carbocycles. The van der Waals surface area contributed by atoms with Gasteiger partial charge in [0.2, 0.25) is 5.95 Å². The van der Waals surface area contributed by atoms with E-state index in [1.54, 1.807) is 13.1 Å². The lowest BCUT2D eigenvalue weighted by Crippen LogP contribution is -2.08. The molecule has 0 amide bonds. The van der Waals surface area contributed by atoms with E-state index < -0.39 is 5.97 Å². The van der Waals surface area contributed by atoms with Crippen molar-refractivity contribution in [3.8, 4) is 0 Å². The third-order valence-electron chi connectivity index (χ3n) is 2.41. The van der Waals surface area contributed by atoms with Crippen LogP contribution in [0.1, 0.15) is 23.0 Å². The molecule has 7 heteroatoms. The SMILES string of the molecule is CCOC(=O)c1cnc(Nc2ccc(C)nc2)nc1Cl. The molecule has 2 aromatic heterocycles. The molecule has 0 aromatic carbocycles. The fourth-order valence-electron chi connectivity index (χ4n) is 1.44. The van der Waals surface area contributed by atoms with Gasteiger partial charge in [-0.3, -0.25) is 4.98 Å². The van der Waals surface area contributed by atoms with Crippen molar-refractivity contribution >= 4 is 29.2 Å². The van der Waals surface area contributed by atoms with Gasteiger partial charge in [0.15, 0.2) is 0 Å². The molecule has 104 valence electrons. The van der Waals surface area contributed by atoms with Gasteiger partial charge in [-0.25, -0.2) is 9.78 Å². The monoisotopic (exact) mass is 292 g/mol. The van der Waals surface area contributed by atoms with E-state index in [4.69, 9.17) is 16.3 Å². The summed E-state index contributed by atoms with van der Waals surface area (Å²) in [4.78, 5) is 23.7. The van der Waals surface area contributed by atoms with Crippen molar-refractivity contribution in [2.45, 2.75) is 13.8 Å². The number of aryl methyl sites for hydroxylation is 1. The summed E-state index contributed by atoms with van der Waals surface area (Å²) in [7, 11) is 0. The molecular weight excluding hydrogens is 280 g/mol. The molecule has 2 heterocycles. The normalized spacial score (nSPS) is 10.2. The van der Waals surface area contributed by atoms with Gasteiger partial charge in [-0.15, -0.1) is 0 Å². The number of carbonyl (C=O) groups is 1. The minimum atomic E-state index is -0.541. The number of esters is 1. The van der Waals surface area contributed by atoms with E-state index in [1.807, 2.05) is 19.1 Å². The second-order valence-corrected chi connectivity index (χ2v) is 4.29. The summed E-state index contributed by atoms with van der Waals surface area (Å²) >= 11 is 5.94. The Labute approximate surface area is 121 Å². The lowest BCUT2D eigenvalue weighted by molar-refractivity contribution is 0.0525. The lowest BCUT2D eigenvalue weighted by atomic mass is 10.3. The first-order valence-corrected chi connectivity index (χ1v) is 6.37. The smallest absolute Gasteiger partial charge is 0.342 e. The second-order valence-electron chi connectivity index (χ2n) is 3.93. The zero-order valence-corrected chi connectivity index (χ0v) is 11.8. The van der Waals surface area contributed by atoms with Crippen LogP contribution in [-0.4, -0.2) is 27.5 Å². The first-order chi connectivity index (χ1) is 9.60. The van der Waals surface area contributed by atoms with Crippen molar-refractivity contribution in [3.05, 3.63) is 40.9 Å². The number of hydrogen-bond donors (Lipinski definition) is 1. The average molecular weight is 293 g/mol. The van der Waals surface area contributed by atoms with Crippen molar-refractivity contribution in [1.82, 2.24) is 15.0 Å². The number of anilines is 2. The summed E-state index contributed by atoms with van der Waals surface area (Å²) in [6.45, 7) is 3.88. The highest BCUT2D eigenvalue weighted by Gasteiger charge is 2.14. The topological polar surface area (TPSA) is 77.0 Å². The molecule has 0 atom stereocenters. The predicted molar refractivity (Wildman–Crippen MR) is 75.3 cm³/mol. The molecule has 0 unspecified atom stereocenters. The van der Waals surface area contributed by atoms with E-state index >= 15 is 0 Å². The molecule has 0 aliphatic rings. The highest BCUT2D eigenvalue weighted by molar-refractivity contribution is 6.32. The standard InChI is InChI=1S/C13H13ClN4O2/c1-3-20-12(19)10-7-16-13(18-11(10)14)17-9-5-4-8(2)15-6-9/h4-7H,3H2,1-2H3,(H,16,17,18). The zero-order chi connectivity index (χ0) is 14.5. The number of carbonyl (C=O) groups excluding carboxylic acids is 1. The number of aromatic nitrogens is 3. The summed E-state index contributed by atoms with van der Waals surface area (Å²) in [6, 6.07) is 3.70. The Morgan fingerprint density at radius 3 is 2.75 bits per heavy atom. The van der Waals surface area contributed by atoms with Crippen LogP contribution in [-0.2, 0) is 4.74 Å². The molecule has 6 nitrogen and oxygen atoms in total. The van der Waals surface area contributed by atoms with Crippen molar-refractivity contribution in [2.75, 3.05) is 11.9 Å².